The molecule has 1 aromatic heterocycles. The second-order valence-electron chi connectivity index (χ2n) is 6.16. The van der Waals surface area contributed by atoms with Crippen LogP contribution >= 0.6 is 0 Å². The van der Waals surface area contributed by atoms with Crippen LogP contribution in [0.5, 0.6) is 0 Å². The number of aromatic nitrogens is 1. The smallest absolute Gasteiger partial charge is 0.249 e. The van der Waals surface area contributed by atoms with Crippen LogP contribution in [0.15, 0.2) is 4.99 Å². The van der Waals surface area contributed by atoms with Crippen LogP contribution in [-0.2, 0) is 4.74 Å². The third kappa shape index (κ3) is 3.21. The second kappa shape index (κ2) is 7.26. The van der Waals surface area contributed by atoms with Crippen LogP contribution in [0.3, 0.4) is 0 Å². The van der Waals surface area contributed by atoms with Gasteiger partial charge < -0.3 is 14.9 Å². The number of hydrogen-bond donors (Lipinski definition) is 2. The summed E-state index contributed by atoms with van der Waals surface area (Å²) in [5.74, 6) is -13.9. The molecular formula is C17H11F7N2O3. The van der Waals surface area contributed by atoms with Crippen molar-refractivity contribution in [3.63, 3.8) is 0 Å². The highest BCUT2D eigenvalue weighted by Crippen LogP contribution is 2.34. The lowest BCUT2D eigenvalue weighted by Crippen LogP contribution is -2.30. The van der Waals surface area contributed by atoms with Gasteiger partial charge in [0.2, 0.25) is 18.1 Å². The largest absolute Gasteiger partial charge is 0.445 e. The quantitative estimate of drug-likeness (QED) is 0.344. The molecule has 12 heteroatoms. The van der Waals surface area contributed by atoms with Crippen LogP contribution in [0.1, 0.15) is 28.5 Å². The molecule has 0 fully saturated rings. The zero-order chi connectivity index (χ0) is 21.8. The molecule has 0 amide bonds. The Morgan fingerprint density at radius 3 is 2.07 bits per heavy atom. The molecule has 3 atom stereocenters. The zero-order valence-electron chi connectivity index (χ0n) is 14.6. The van der Waals surface area contributed by atoms with Crippen LogP contribution in [0.25, 0.3) is 0 Å². The summed E-state index contributed by atoms with van der Waals surface area (Å²) in [6, 6.07) is -1.94. The summed E-state index contributed by atoms with van der Waals surface area (Å²) in [5.41, 5.74) is -3.62. The van der Waals surface area contributed by atoms with Gasteiger partial charge in [-0.3, -0.25) is 0 Å². The lowest BCUT2D eigenvalue weighted by atomic mass is 10.0. The molecule has 156 valence electrons. The molecule has 3 rings (SSSR count). The maximum Gasteiger partial charge on any atom is 0.249 e. The Morgan fingerprint density at radius 2 is 1.45 bits per heavy atom. The third-order valence-electron chi connectivity index (χ3n) is 4.36. The molecule has 3 unspecified atom stereocenters. The normalized spacial score (nSPS) is 19.9. The average Bonchev–Trinajstić information content (AvgIpc) is 3.04. The first-order valence-electron chi connectivity index (χ1n) is 7.91. The first kappa shape index (κ1) is 21.0. The highest BCUT2D eigenvalue weighted by molar-refractivity contribution is 5.97. The minimum Gasteiger partial charge on any atom is -0.445 e. The van der Waals surface area contributed by atoms with Crippen molar-refractivity contribution in [2.45, 2.75) is 32.3 Å². The summed E-state index contributed by atoms with van der Waals surface area (Å²) >= 11 is 0. The number of nitrogens with zero attached hydrogens (tertiary/aromatic N) is 2. The van der Waals surface area contributed by atoms with E-state index in [0.717, 1.165) is 13.8 Å². The molecule has 0 saturated heterocycles. The minimum absolute atomic E-state index is 0.611. The lowest BCUT2D eigenvalue weighted by molar-refractivity contribution is -0.0579. The minimum atomic E-state index is -2.35. The molecule has 5 nitrogen and oxygen atoms in total. The Morgan fingerprint density at radius 1 is 0.862 bits per heavy atom. The van der Waals surface area contributed by atoms with E-state index in [1.54, 1.807) is 0 Å². The van der Waals surface area contributed by atoms with E-state index in [2.05, 4.69) is 9.98 Å². The first-order valence-corrected chi connectivity index (χ1v) is 7.91. The molecule has 2 aromatic rings. The molecule has 0 saturated carbocycles. The Balaban J connectivity index is 2.10. The van der Waals surface area contributed by atoms with Gasteiger partial charge in [-0.2, -0.15) is 4.39 Å². The number of aliphatic hydroxyl groups is 2. The van der Waals surface area contributed by atoms with E-state index < -0.39 is 87.6 Å². The SMILES string of the molecule is Cc1nc(F)c(F)c(C(O)C2N=C(c3c(C)c(F)c(F)c(F)c3F)OC2O)c1F. The summed E-state index contributed by atoms with van der Waals surface area (Å²) in [6.45, 7) is 1.84. The van der Waals surface area contributed by atoms with Gasteiger partial charge >= 0.3 is 0 Å². The van der Waals surface area contributed by atoms with Crippen molar-refractivity contribution >= 4 is 5.90 Å². The fourth-order valence-corrected chi connectivity index (χ4v) is 2.84. The van der Waals surface area contributed by atoms with Crippen molar-refractivity contribution in [1.29, 1.82) is 0 Å². The summed E-state index contributed by atoms with van der Waals surface area (Å²) in [7, 11) is 0. The number of aliphatic hydroxyl groups excluding tert-OH is 2. The van der Waals surface area contributed by atoms with E-state index in [9.17, 15) is 40.9 Å². The first-order chi connectivity index (χ1) is 13.5. The molecule has 0 aliphatic carbocycles. The number of halogens is 7. The summed E-state index contributed by atoms with van der Waals surface area (Å²) in [6.07, 6.45) is -4.51. The van der Waals surface area contributed by atoms with Crippen LogP contribution < -0.4 is 0 Å². The Kier molecular flexibility index (Phi) is 5.26. The van der Waals surface area contributed by atoms with Crippen LogP contribution in [0.4, 0.5) is 30.7 Å². The van der Waals surface area contributed by atoms with E-state index in [-0.39, 0.29) is 0 Å². The molecule has 1 aliphatic rings. The number of ether oxygens (including phenoxy) is 1. The van der Waals surface area contributed by atoms with E-state index in [0.29, 0.717) is 0 Å². The molecule has 1 aromatic carbocycles. The number of aliphatic imine (C=N–C) groups is 1. The Labute approximate surface area is 158 Å². The number of aryl methyl sites for hydroxylation is 1. The lowest BCUT2D eigenvalue weighted by Gasteiger charge is -2.19. The van der Waals surface area contributed by atoms with Gasteiger partial charge in [-0.1, -0.05) is 0 Å². The van der Waals surface area contributed by atoms with E-state index >= 15 is 0 Å². The van der Waals surface area contributed by atoms with Gasteiger partial charge in [-0.05, 0) is 13.8 Å². The predicted molar refractivity (Wildman–Crippen MR) is 82.2 cm³/mol. The molecule has 0 spiro atoms. The maximum absolute atomic E-state index is 14.2. The number of pyridine rings is 1. The number of rotatable bonds is 3. The summed E-state index contributed by atoms with van der Waals surface area (Å²) < 4.78 is 101. The highest BCUT2D eigenvalue weighted by atomic mass is 19.2. The van der Waals surface area contributed by atoms with Gasteiger partial charge in [0.25, 0.3) is 0 Å². The van der Waals surface area contributed by atoms with E-state index in [1.807, 2.05) is 0 Å². The Hall–Kier alpha value is -2.73. The summed E-state index contributed by atoms with van der Waals surface area (Å²) in [4.78, 5) is 6.46. The topological polar surface area (TPSA) is 74.9 Å². The fourth-order valence-electron chi connectivity index (χ4n) is 2.84. The van der Waals surface area contributed by atoms with Gasteiger partial charge in [0, 0.05) is 5.56 Å². The van der Waals surface area contributed by atoms with Gasteiger partial charge in [-0.15, -0.1) is 0 Å². The van der Waals surface area contributed by atoms with Crippen molar-refractivity contribution in [3.8, 4) is 0 Å². The van der Waals surface area contributed by atoms with E-state index in [1.165, 1.54) is 0 Å². The van der Waals surface area contributed by atoms with E-state index in [4.69, 9.17) is 4.74 Å². The van der Waals surface area contributed by atoms with Crippen molar-refractivity contribution in [2.75, 3.05) is 0 Å². The molecule has 0 radical (unpaired) electrons. The third-order valence-corrected chi connectivity index (χ3v) is 4.36. The zero-order valence-corrected chi connectivity index (χ0v) is 14.6. The average molecular weight is 424 g/mol. The monoisotopic (exact) mass is 424 g/mol. The number of hydrogen-bond acceptors (Lipinski definition) is 5. The Bertz CT molecular complexity index is 989. The van der Waals surface area contributed by atoms with Crippen molar-refractivity contribution in [2.24, 2.45) is 4.99 Å². The number of benzene rings is 1. The van der Waals surface area contributed by atoms with Crippen LogP contribution in [-0.4, -0.2) is 33.4 Å². The highest BCUT2D eigenvalue weighted by Gasteiger charge is 2.41. The van der Waals surface area contributed by atoms with Crippen molar-refractivity contribution < 1.29 is 45.7 Å². The molecule has 2 N–H and O–H groups in total. The van der Waals surface area contributed by atoms with Crippen LogP contribution in [0, 0.1) is 54.7 Å². The molecule has 0 bridgehead atoms. The molecule has 1 aliphatic heterocycles. The summed E-state index contributed by atoms with van der Waals surface area (Å²) in [5, 5.41) is 20.1. The molecule has 29 heavy (non-hydrogen) atoms. The van der Waals surface area contributed by atoms with Crippen LogP contribution in [0.2, 0.25) is 0 Å². The van der Waals surface area contributed by atoms with Crippen molar-refractivity contribution in [3.05, 3.63) is 63.2 Å². The maximum atomic E-state index is 14.2. The van der Waals surface area contributed by atoms with Gasteiger partial charge in [0.1, 0.15) is 12.1 Å². The predicted octanol–water partition coefficient (Wildman–Crippen LogP) is 2.87. The van der Waals surface area contributed by atoms with Gasteiger partial charge in [0.15, 0.2) is 34.9 Å². The standard InChI is InChI=1S/C17H11F7N2O3/c1-3-5(9(20)12(23)11(22)7(3)18)16-26-13(17(28)29-16)14(27)6-8(19)4(2)25-15(24)10(6)21/h13-14,17,27-28H,1-2H3. The van der Waals surface area contributed by atoms with Gasteiger partial charge in [0.05, 0.1) is 16.8 Å². The second-order valence-corrected chi connectivity index (χ2v) is 6.16. The fraction of sp³-hybridized carbons (Fsp3) is 0.294. The van der Waals surface area contributed by atoms with Gasteiger partial charge in [-0.25, -0.2) is 36.3 Å². The molecule has 2 heterocycles. The molecular weight excluding hydrogens is 413 g/mol. The van der Waals surface area contributed by atoms with Crippen molar-refractivity contribution in [1.82, 2.24) is 4.98 Å².